The normalized spacial score (nSPS) is 26.2. The molecule has 1 amide bonds. The molecule has 0 aromatic heterocycles. The molecule has 2 aliphatic carbocycles. The Kier molecular flexibility index (Phi) is 8.10. The van der Waals surface area contributed by atoms with Gasteiger partial charge in [0.05, 0.1) is 16.5 Å². The van der Waals surface area contributed by atoms with Gasteiger partial charge in [-0.25, -0.2) is 0 Å². The molecule has 200 valence electrons. The van der Waals surface area contributed by atoms with Crippen LogP contribution in [0.4, 0.5) is 0 Å². The number of likely N-dealkylation sites (tertiary alicyclic amines) is 1. The summed E-state index contributed by atoms with van der Waals surface area (Å²) in [5.74, 6) is 2.32. The van der Waals surface area contributed by atoms with Crippen molar-refractivity contribution in [3.63, 3.8) is 0 Å². The van der Waals surface area contributed by atoms with Crippen molar-refractivity contribution in [3.05, 3.63) is 63.6 Å². The van der Waals surface area contributed by atoms with Gasteiger partial charge in [0, 0.05) is 31.1 Å². The van der Waals surface area contributed by atoms with E-state index >= 15 is 0 Å². The lowest BCUT2D eigenvalue weighted by Crippen LogP contribution is -2.57. The fourth-order valence-electron chi connectivity index (χ4n) is 6.88. The molecular weight excluding hydrogens is 503 g/mol. The zero-order chi connectivity index (χ0) is 26.2. The highest BCUT2D eigenvalue weighted by molar-refractivity contribution is 6.42. The molecule has 1 heterocycles. The number of benzene rings is 2. The summed E-state index contributed by atoms with van der Waals surface area (Å²) in [5.41, 5.74) is 2.13. The average molecular weight is 544 g/mol. The van der Waals surface area contributed by atoms with Crippen molar-refractivity contribution < 1.29 is 9.90 Å². The van der Waals surface area contributed by atoms with Crippen LogP contribution in [0.25, 0.3) is 0 Å². The molecule has 2 aromatic carbocycles. The van der Waals surface area contributed by atoms with E-state index < -0.39 is 0 Å². The Labute approximate surface area is 231 Å². The number of aromatic hydroxyl groups is 1. The van der Waals surface area contributed by atoms with Crippen LogP contribution in [0.15, 0.2) is 42.5 Å². The number of hydrogen-bond donors (Lipinski definition) is 1. The fraction of sp³-hybridized carbons (Fsp3) is 0.581. The molecule has 2 saturated carbocycles. The Balaban J connectivity index is 1.40. The molecule has 0 unspecified atom stereocenters. The molecule has 3 fully saturated rings. The summed E-state index contributed by atoms with van der Waals surface area (Å²) in [7, 11) is 0. The minimum Gasteiger partial charge on any atom is -0.508 e. The zero-order valence-electron chi connectivity index (χ0n) is 22.1. The summed E-state index contributed by atoms with van der Waals surface area (Å²) in [4.78, 5) is 18.6. The molecule has 1 saturated heterocycles. The molecule has 0 spiro atoms. The molecule has 0 radical (unpaired) electrons. The minimum atomic E-state index is -0.0131. The van der Waals surface area contributed by atoms with E-state index in [0.717, 1.165) is 56.8 Å². The predicted octanol–water partition coefficient (Wildman–Crippen LogP) is 6.95. The lowest BCUT2D eigenvalue weighted by molar-refractivity contribution is -0.135. The number of phenols is 1. The van der Waals surface area contributed by atoms with Crippen LogP contribution in [0.5, 0.6) is 5.75 Å². The summed E-state index contributed by atoms with van der Waals surface area (Å²) in [6, 6.07) is 13.6. The van der Waals surface area contributed by atoms with Gasteiger partial charge < -0.3 is 14.9 Å². The second-order valence-electron chi connectivity index (χ2n) is 12.2. The van der Waals surface area contributed by atoms with Crippen molar-refractivity contribution >= 4 is 29.1 Å². The van der Waals surface area contributed by atoms with Gasteiger partial charge in [0.15, 0.2) is 0 Å². The number of halogens is 2. The van der Waals surface area contributed by atoms with Crippen molar-refractivity contribution in [2.75, 3.05) is 26.2 Å². The topological polar surface area (TPSA) is 43.8 Å². The highest BCUT2D eigenvalue weighted by Gasteiger charge is 2.50. The van der Waals surface area contributed by atoms with Crippen LogP contribution >= 0.6 is 23.2 Å². The second-order valence-corrected chi connectivity index (χ2v) is 13.0. The molecule has 3 aliphatic rings. The Morgan fingerprint density at radius 1 is 1.11 bits per heavy atom. The van der Waals surface area contributed by atoms with Gasteiger partial charge in [0.2, 0.25) is 5.91 Å². The maximum Gasteiger partial charge on any atom is 0.227 e. The number of carbonyl (C=O) groups excluding carboxylic acids is 1. The number of rotatable bonds is 8. The van der Waals surface area contributed by atoms with Crippen LogP contribution in [0.3, 0.4) is 0 Å². The molecular formula is C31H40Cl2N2O2. The molecule has 37 heavy (non-hydrogen) atoms. The number of hydrogen-bond acceptors (Lipinski definition) is 3. The van der Waals surface area contributed by atoms with E-state index in [1.54, 1.807) is 12.1 Å². The SMILES string of the molecule is CC(C)CN(C(=O)Cc1ccc(Cl)c(Cl)c1)[C@H]1CC[C@@H]2CN(CC3CC3)CC[C@@]2(c2cccc(O)c2)C1. The standard InChI is InChI=1S/C31H40Cl2N2O2/c1-21(2)18-35(30(37)15-23-8-11-28(32)29(33)14-23)26-10-9-25-20-34(19-22-6-7-22)13-12-31(25,17-26)24-4-3-5-27(36)16-24/h3-5,8,11,14,16,21-22,25-26,36H,6-7,9-10,12-13,15,17-20H2,1-2H3/t25-,26+,31+/m1/s1. The van der Waals surface area contributed by atoms with Gasteiger partial charge in [-0.3, -0.25) is 4.79 Å². The lowest BCUT2D eigenvalue weighted by atomic mass is 9.57. The molecule has 3 atom stereocenters. The van der Waals surface area contributed by atoms with Gasteiger partial charge in [0.25, 0.3) is 0 Å². The Morgan fingerprint density at radius 2 is 1.92 bits per heavy atom. The van der Waals surface area contributed by atoms with Gasteiger partial charge in [0.1, 0.15) is 5.75 Å². The molecule has 4 nitrogen and oxygen atoms in total. The number of phenolic OH excluding ortho intramolecular Hbond substituents is 1. The van der Waals surface area contributed by atoms with E-state index in [1.165, 1.54) is 24.9 Å². The molecule has 1 N–H and O–H groups in total. The third-order valence-electron chi connectivity index (χ3n) is 8.88. The molecule has 6 heteroatoms. The maximum atomic E-state index is 13.8. The van der Waals surface area contributed by atoms with E-state index in [2.05, 4.69) is 29.7 Å². The molecule has 0 bridgehead atoms. The summed E-state index contributed by atoms with van der Waals surface area (Å²) >= 11 is 12.4. The quantitative estimate of drug-likeness (QED) is 0.392. The Bertz CT molecular complexity index is 1120. The highest BCUT2D eigenvalue weighted by atomic mass is 35.5. The van der Waals surface area contributed by atoms with Crippen molar-refractivity contribution in [3.8, 4) is 5.75 Å². The summed E-state index contributed by atoms with van der Waals surface area (Å²) in [6.07, 6.45) is 7.27. The number of nitrogens with zero attached hydrogens (tertiary/aromatic N) is 2. The van der Waals surface area contributed by atoms with Crippen molar-refractivity contribution in [2.24, 2.45) is 17.8 Å². The Morgan fingerprint density at radius 3 is 2.62 bits per heavy atom. The van der Waals surface area contributed by atoms with Gasteiger partial charge in [-0.05, 0) is 98.2 Å². The Hall–Kier alpha value is -1.75. The number of carbonyl (C=O) groups is 1. The van der Waals surface area contributed by atoms with Crippen LogP contribution in [0.1, 0.15) is 63.5 Å². The van der Waals surface area contributed by atoms with E-state index in [4.69, 9.17) is 23.2 Å². The highest BCUT2D eigenvalue weighted by Crippen LogP contribution is 2.51. The first-order valence-electron chi connectivity index (χ1n) is 14.0. The summed E-state index contributed by atoms with van der Waals surface area (Å²) in [6.45, 7) is 8.58. The third kappa shape index (κ3) is 6.13. The number of fused-ring (bicyclic) bond motifs is 1. The first kappa shape index (κ1) is 26.8. The molecule has 5 rings (SSSR count). The largest absolute Gasteiger partial charge is 0.508 e. The second kappa shape index (κ2) is 11.2. The van der Waals surface area contributed by atoms with E-state index in [-0.39, 0.29) is 17.4 Å². The van der Waals surface area contributed by atoms with Crippen LogP contribution in [-0.2, 0) is 16.6 Å². The van der Waals surface area contributed by atoms with E-state index in [9.17, 15) is 9.90 Å². The lowest BCUT2D eigenvalue weighted by Gasteiger charge is -2.55. The molecule has 2 aromatic rings. The van der Waals surface area contributed by atoms with Gasteiger partial charge in [-0.2, -0.15) is 0 Å². The number of piperidine rings is 1. The van der Waals surface area contributed by atoms with Crippen molar-refractivity contribution in [1.29, 1.82) is 0 Å². The van der Waals surface area contributed by atoms with E-state index in [0.29, 0.717) is 34.1 Å². The first-order chi connectivity index (χ1) is 17.7. The number of amides is 1. The van der Waals surface area contributed by atoms with Crippen LogP contribution < -0.4 is 0 Å². The van der Waals surface area contributed by atoms with Crippen molar-refractivity contribution in [1.82, 2.24) is 9.80 Å². The predicted molar refractivity (Wildman–Crippen MR) is 151 cm³/mol. The van der Waals surface area contributed by atoms with E-state index in [1.807, 2.05) is 24.3 Å². The minimum absolute atomic E-state index is 0.0131. The third-order valence-corrected chi connectivity index (χ3v) is 9.62. The summed E-state index contributed by atoms with van der Waals surface area (Å²) in [5, 5.41) is 11.4. The maximum absolute atomic E-state index is 13.8. The van der Waals surface area contributed by atoms with Crippen LogP contribution in [0.2, 0.25) is 10.0 Å². The van der Waals surface area contributed by atoms with Gasteiger partial charge in [-0.15, -0.1) is 0 Å². The van der Waals surface area contributed by atoms with Crippen molar-refractivity contribution in [2.45, 2.75) is 70.3 Å². The van der Waals surface area contributed by atoms with Gasteiger partial charge >= 0.3 is 0 Å². The average Bonchev–Trinajstić information content (AvgIpc) is 3.68. The monoisotopic (exact) mass is 542 g/mol. The first-order valence-corrected chi connectivity index (χ1v) is 14.7. The zero-order valence-corrected chi connectivity index (χ0v) is 23.6. The summed E-state index contributed by atoms with van der Waals surface area (Å²) < 4.78 is 0. The van der Waals surface area contributed by atoms with Crippen LogP contribution in [0, 0.1) is 17.8 Å². The van der Waals surface area contributed by atoms with Crippen LogP contribution in [-0.4, -0.2) is 53.0 Å². The van der Waals surface area contributed by atoms with Gasteiger partial charge in [-0.1, -0.05) is 55.2 Å². The fourth-order valence-corrected chi connectivity index (χ4v) is 7.20. The molecule has 1 aliphatic heterocycles. The smallest absolute Gasteiger partial charge is 0.227 e.